The van der Waals surface area contributed by atoms with Crippen LogP contribution in [-0.2, 0) is 32.6 Å². The van der Waals surface area contributed by atoms with Crippen LogP contribution in [0.15, 0.2) is 78.9 Å². The number of nitrogens with zero attached hydrogens (tertiary/aromatic N) is 2. The molecule has 3 rings (SSSR count). The summed E-state index contributed by atoms with van der Waals surface area (Å²) in [7, 11) is -3.66. The van der Waals surface area contributed by atoms with Crippen LogP contribution >= 0.6 is 11.6 Å². The molecule has 10 heteroatoms. The number of nitrogens with one attached hydrogen (secondary N) is 1. The van der Waals surface area contributed by atoms with Gasteiger partial charge in [-0.05, 0) is 62.6 Å². The molecule has 0 fully saturated rings. The van der Waals surface area contributed by atoms with Crippen molar-refractivity contribution in [2.45, 2.75) is 58.7 Å². The van der Waals surface area contributed by atoms with E-state index in [4.69, 9.17) is 16.3 Å². The first kappa shape index (κ1) is 32.9. The molecule has 0 aliphatic rings. The first-order chi connectivity index (χ1) is 20.0. The summed E-state index contributed by atoms with van der Waals surface area (Å²) < 4.78 is 32.5. The molecule has 0 heterocycles. The summed E-state index contributed by atoms with van der Waals surface area (Å²) in [6, 6.07) is 22.8. The van der Waals surface area contributed by atoms with E-state index in [-0.39, 0.29) is 43.8 Å². The summed E-state index contributed by atoms with van der Waals surface area (Å²) in [5.41, 5.74) is 2.12. The maximum absolute atomic E-state index is 13.9. The fraction of sp³-hybridized carbons (Fsp3) is 0.375. The molecule has 226 valence electrons. The van der Waals surface area contributed by atoms with Gasteiger partial charge >= 0.3 is 0 Å². The van der Waals surface area contributed by atoms with E-state index in [1.54, 1.807) is 47.4 Å². The molecule has 0 spiro atoms. The van der Waals surface area contributed by atoms with Gasteiger partial charge in [-0.25, -0.2) is 8.42 Å². The van der Waals surface area contributed by atoms with Gasteiger partial charge in [-0.2, -0.15) is 0 Å². The van der Waals surface area contributed by atoms with Gasteiger partial charge in [0.2, 0.25) is 21.8 Å². The number of para-hydroxylation sites is 2. The summed E-state index contributed by atoms with van der Waals surface area (Å²) in [5, 5.41) is 3.50. The molecule has 42 heavy (non-hydrogen) atoms. The van der Waals surface area contributed by atoms with Crippen molar-refractivity contribution in [3.63, 3.8) is 0 Å². The summed E-state index contributed by atoms with van der Waals surface area (Å²) in [5.74, 6) is -0.0680. The number of amides is 2. The molecule has 0 saturated heterocycles. The zero-order chi connectivity index (χ0) is 30.7. The third kappa shape index (κ3) is 9.77. The molecule has 1 N–H and O–H groups in total. The quantitative estimate of drug-likeness (QED) is 0.246. The second-order valence-corrected chi connectivity index (χ2v) is 12.7. The maximum Gasteiger partial charge on any atom is 0.243 e. The molecule has 3 aromatic carbocycles. The molecule has 0 aliphatic heterocycles. The molecular formula is C32H40ClN3O5S. The minimum Gasteiger partial charge on any atom is -0.492 e. The fourth-order valence-electron chi connectivity index (χ4n) is 4.69. The first-order valence-corrected chi connectivity index (χ1v) is 16.3. The molecule has 0 bridgehead atoms. The predicted octanol–water partition coefficient (Wildman–Crippen LogP) is 5.45. The molecule has 0 radical (unpaired) electrons. The van der Waals surface area contributed by atoms with Crippen LogP contribution in [0.1, 0.15) is 44.7 Å². The standard InChI is InChI=1S/C32H40ClN3O5S/c1-5-41-30-18-10-9-17-28(30)36(42(4,39)40)20-12-19-31(37)35(23-26-15-11-16-27(33)21-26)29(32(38)34-24(2)3)22-25-13-7-6-8-14-25/h6-11,13-18,21,24,29H,5,12,19-20,22-23H2,1-4H3,(H,34,38). The van der Waals surface area contributed by atoms with Crippen LogP contribution in [0.5, 0.6) is 5.75 Å². The summed E-state index contributed by atoms with van der Waals surface area (Å²) in [6.45, 7) is 6.20. The van der Waals surface area contributed by atoms with Gasteiger partial charge in [0.1, 0.15) is 11.8 Å². The Labute approximate surface area is 254 Å². The summed E-state index contributed by atoms with van der Waals surface area (Å²) in [6.07, 6.45) is 1.73. The van der Waals surface area contributed by atoms with E-state index in [1.165, 1.54) is 4.31 Å². The molecular weight excluding hydrogens is 574 g/mol. The lowest BCUT2D eigenvalue weighted by molar-refractivity contribution is -0.141. The van der Waals surface area contributed by atoms with Gasteiger partial charge in [-0.3, -0.25) is 13.9 Å². The highest BCUT2D eigenvalue weighted by atomic mass is 35.5. The van der Waals surface area contributed by atoms with Gasteiger partial charge in [0.05, 0.1) is 18.6 Å². The minimum absolute atomic E-state index is 0.0314. The van der Waals surface area contributed by atoms with Crippen molar-refractivity contribution >= 4 is 39.1 Å². The van der Waals surface area contributed by atoms with Crippen molar-refractivity contribution in [3.05, 3.63) is 95.0 Å². The largest absolute Gasteiger partial charge is 0.492 e. The van der Waals surface area contributed by atoms with Crippen molar-refractivity contribution in [1.82, 2.24) is 10.2 Å². The van der Waals surface area contributed by atoms with Crippen LogP contribution in [0.25, 0.3) is 0 Å². The molecule has 0 aliphatic carbocycles. The van der Waals surface area contributed by atoms with Crippen LogP contribution in [-0.4, -0.2) is 56.6 Å². The number of sulfonamides is 1. The molecule has 8 nitrogen and oxygen atoms in total. The van der Waals surface area contributed by atoms with Crippen molar-refractivity contribution in [2.24, 2.45) is 0 Å². The van der Waals surface area contributed by atoms with Gasteiger partial charge in [0.15, 0.2) is 0 Å². The molecule has 3 aromatic rings. The van der Waals surface area contributed by atoms with E-state index < -0.39 is 16.1 Å². The molecule has 1 atom stereocenters. The second kappa shape index (κ2) is 15.6. The number of halogens is 1. The van der Waals surface area contributed by atoms with Crippen molar-refractivity contribution in [3.8, 4) is 5.75 Å². The lowest BCUT2D eigenvalue weighted by Gasteiger charge is -2.32. The summed E-state index contributed by atoms with van der Waals surface area (Å²) >= 11 is 6.25. The van der Waals surface area contributed by atoms with Crippen LogP contribution < -0.4 is 14.4 Å². The van der Waals surface area contributed by atoms with Gasteiger partial charge in [0, 0.05) is 37.0 Å². The highest BCUT2D eigenvalue weighted by Crippen LogP contribution is 2.30. The summed E-state index contributed by atoms with van der Waals surface area (Å²) in [4.78, 5) is 29.0. The third-order valence-electron chi connectivity index (χ3n) is 6.53. The SMILES string of the molecule is CCOc1ccccc1N(CCCC(=O)N(Cc1cccc(Cl)c1)C(Cc1ccccc1)C(=O)NC(C)C)S(C)(=O)=O. The van der Waals surface area contributed by atoms with Crippen molar-refractivity contribution < 1.29 is 22.7 Å². The normalized spacial score (nSPS) is 12.0. The maximum atomic E-state index is 13.9. The first-order valence-electron chi connectivity index (χ1n) is 14.1. The van der Waals surface area contributed by atoms with E-state index in [9.17, 15) is 18.0 Å². The van der Waals surface area contributed by atoms with Gasteiger partial charge in [-0.1, -0.05) is 66.2 Å². The molecule has 2 amide bonds. The Bertz CT molecular complexity index is 1430. The lowest BCUT2D eigenvalue weighted by Crippen LogP contribution is -2.51. The topological polar surface area (TPSA) is 96.0 Å². The highest BCUT2D eigenvalue weighted by Gasteiger charge is 2.31. The average Bonchev–Trinajstić information content (AvgIpc) is 2.93. The van der Waals surface area contributed by atoms with Crippen molar-refractivity contribution in [1.29, 1.82) is 0 Å². The van der Waals surface area contributed by atoms with Crippen molar-refractivity contribution in [2.75, 3.05) is 23.7 Å². The Morgan fingerprint density at radius 2 is 1.62 bits per heavy atom. The number of carbonyl (C=O) groups excluding carboxylic acids is 2. The number of anilines is 1. The Hall–Kier alpha value is -3.56. The second-order valence-electron chi connectivity index (χ2n) is 10.4. The molecule has 1 unspecified atom stereocenters. The molecule has 0 saturated carbocycles. The van der Waals surface area contributed by atoms with Crippen LogP contribution in [0, 0.1) is 0 Å². The Kier molecular flexibility index (Phi) is 12.2. The number of benzene rings is 3. The lowest BCUT2D eigenvalue weighted by atomic mass is 10.0. The number of ether oxygens (including phenoxy) is 1. The number of rotatable bonds is 15. The zero-order valence-electron chi connectivity index (χ0n) is 24.6. The smallest absolute Gasteiger partial charge is 0.243 e. The predicted molar refractivity (Wildman–Crippen MR) is 168 cm³/mol. The van der Waals surface area contributed by atoms with Crippen LogP contribution in [0.2, 0.25) is 5.02 Å². The average molecular weight is 614 g/mol. The zero-order valence-corrected chi connectivity index (χ0v) is 26.2. The number of hydrogen-bond acceptors (Lipinski definition) is 5. The van der Waals surface area contributed by atoms with E-state index in [0.29, 0.717) is 29.5 Å². The minimum atomic E-state index is -3.66. The van der Waals surface area contributed by atoms with Crippen LogP contribution in [0.3, 0.4) is 0 Å². The molecule has 0 aromatic heterocycles. The third-order valence-corrected chi connectivity index (χ3v) is 7.94. The van der Waals surface area contributed by atoms with Crippen LogP contribution in [0.4, 0.5) is 5.69 Å². The number of hydrogen-bond donors (Lipinski definition) is 1. The Balaban J connectivity index is 1.90. The fourth-order valence-corrected chi connectivity index (χ4v) is 5.87. The van der Waals surface area contributed by atoms with Gasteiger partial charge < -0.3 is 15.0 Å². The highest BCUT2D eigenvalue weighted by molar-refractivity contribution is 7.92. The van der Waals surface area contributed by atoms with Gasteiger partial charge in [-0.15, -0.1) is 0 Å². The van der Waals surface area contributed by atoms with E-state index >= 15 is 0 Å². The van der Waals surface area contributed by atoms with E-state index in [0.717, 1.165) is 17.4 Å². The Morgan fingerprint density at radius 3 is 2.26 bits per heavy atom. The Morgan fingerprint density at radius 1 is 0.952 bits per heavy atom. The van der Waals surface area contributed by atoms with E-state index in [1.807, 2.05) is 57.2 Å². The number of carbonyl (C=O) groups is 2. The van der Waals surface area contributed by atoms with E-state index in [2.05, 4.69) is 5.32 Å². The monoisotopic (exact) mass is 613 g/mol. The van der Waals surface area contributed by atoms with Gasteiger partial charge in [0.25, 0.3) is 0 Å².